The van der Waals surface area contributed by atoms with Crippen molar-refractivity contribution in [2.75, 3.05) is 5.32 Å². The first kappa shape index (κ1) is 10.6. The molecule has 1 amide bonds. The van der Waals surface area contributed by atoms with Gasteiger partial charge in [-0.25, -0.2) is 0 Å². The first-order chi connectivity index (χ1) is 8.68. The molecule has 0 bridgehead atoms. The second-order valence-electron chi connectivity index (χ2n) is 4.11. The van der Waals surface area contributed by atoms with E-state index in [0.29, 0.717) is 5.56 Å². The zero-order valence-electron chi connectivity index (χ0n) is 9.62. The van der Waals surface area contributed by atoms with Crippen molar-refractivity contribution in [1.82, 2.24) is 14.8 Å². The quantitative estimate of drug-likeness (QED) is 0.756. The summed E-state index contributed by atoms with van der Waals surface area (Å²) in [4.78, 5) is 28.1. The molecular formula is C12H10N4O2. The molecule has 1 atom stereocenters. The minimum atomic E-state index is -0.861. The van der Waals surface area contributed by atoms with Crippen LogP contribution in [0.3, 0.4) is 0 Å². The van der Waals surface area contributed by atoms with Gasteiger partial charge in [-0.15, -0.1) is 0 Å². The van der Waals surface area contributed by atoms with Gasteiger partial charge < -0.3 is 0 Å². The molecule has 90 valence electrons. The molecule has 18 heavy (non-hydrogen) atoms. The van der Waals surface area contributed by atoms with E-state index in [9.17, 15) is 9.59 Å². The summed E-state index contributed by atoms with van der Waals surface area (Å²) >= 11 is 0. The number of amides is 1. The van der Waals surface area contributed by atoms with Crippen molar-refractivity contribution in [2.24, 2.45) is 0 Å². The largest absolute Gasteiger partial charge is 0.293 e. The number of carbonyl (C=O) groups excluding carboxylic acids is 2. The molecule has 1 aliphatic rings. The summed E-state index contributed by atoms with van der Waals surface area (Å²) in [6.07, 6.45) is 1.24. The van der Waals surface area contributed by atoms with E-state index in [1.165, 1.54) is 6.33 Å². The first-order valence-corrected chi connectivity index (χ1v) is 5.49. The van der Waals surface area contributed by atoms with E-state index in [4.69, 9.17) is 0 Å². The van der Waals surface area contributed by atoms with Gasteiger partial charge in [0.15, 0.2) is 0 Å². The number of hydrogen-bond donors (Lipinski definition) is 1. The summed E-state index contributed by atoms with van der Waals surface area (Å²) < 4.78 is 1.12. The van der Waals surface area contributed by atoms with Gasteiger partial charge in [-0.3, -0.25) is 14.9 Å². The van der Waals surface area contributed by atoms with Crippen molar-refractivity contribution in [2.45, 2.75) is 12.8 Å². The van der Waals surface area contributed by atoms with E-state index in [2.05, 4.69) is 15.4 Å². The zero-order chi connectivity index (χ0) is 12.7. The molecule has 2 aromatic rings. The zero-order valence-corrected chi connectivity index (χ0v) is 9.62. The van der Waals surface area contributed by atoms with Crippen molar-refractivity contribution >= 4 is 17.8 Å². The highest BCUT2D eigenvalue weighted by Gasteiger charge is 2.37. The van der Waals surface area contributed by atoms with Crippen molar-refractivity contribution in [3.05, 3.63) is 41.7 Å². The van der Waals surface area contributed by atoms with Gasteiger partial charge >= 0.3 is 0 Å². The number of hydrogen-bond acceptors (Lipinski definition) is 4. The Labute approximate surface area is 103 Å². The smallest absolute Gasteiger partial charge is 0.267 e. The maximum atomic E-state index is 12.2. The highest BCUT2D eigenvalue weighted by atomic mass is 16.2. The molecule has 0 saturated heterocycles. The number of anilines is 1. The number of aromatic nitrogens is 3. The number of aryl methyl sites for hydroxylation is 1. The number of fused-ring (bicyclic) bond motifs is 1. The van der Waals surface area contributed by atoms with E-state index in [1.807, 2.05) is 19.1 Å². The summed E-state index contributed by atoms with van der Waals surface area (Å²) in [5.41, 5.74) is 1.59. The molecule has 3 rings (SSSR count). The lowest BCUT2D eigenvalue weighted by atomic mass is 9.92. The van der Waals surface area contributed by atoms with Crippen LogP contribution in [0.25, 0.3) is 0 Å². The van der Waals surface area contributed by atoms with Crippen molar-refractivity contribution in [3.63, 3.8) is 0 Å². The highest BCUT2D eigenvalue weighted by Crippen LogP contribution is 2.26. The summed E-state index contributed by atoms with van der Waals surface area (Å²) in [7, 11) is 0. The van der Waals surface area contributed by atoms with Crippen LogP contribution in [0.1, 0.15) is 21.8 Å². The molecule has 0 fully saturated rings. The third kappa shape index (κ3) is 1.42. The second-order valence-corrected chi connectivity index (χ2v) is 4.11. The number of nitrogens with one attached hydrogen (secondary N) is 1. The van der Waals surface area contributed by atoms with E-state index in [0.717, 1.165) is 10.2 Å². The molecule has 0 aliphatic carbocycles. The van der Waals surface area contributed by atoms with E-state index in [1.54, 1.807) is 12.1 Å². The lowest BCUT2D eigenvalue weighted by Crippen LogP contribution is -2.38. The average Bonchev–Trinajstić information content (AvgIpc) is 2.79. The van der Waals surface area contributed by atoms with Gasteiger partial charge in [0.25, 0.3) is 5.91 Å². The topological polar surface area (TPSA) is 76.9 Å². The molecule has 0 saturated carbocycles. The van der Waals surface area contributed by atoms with Crippen LogP contribution < -0.4 is 5.32 Å². The van der Waals surface area contributed by atoms with Crippen LogP contribution in [-0.4, -0.2) is 26.6 Å². The number of nitrogens with zero attached hydrogens (tertiary/aromatic N) is 3. The summed E-state index contributed by atoms with van der Waals surface area (Å²) in [6, 6.07) is 7.32. The van der Waals surface area contributed by atoms with Crippen molar-refractivity contribution < 1.29 is 9.59 Å². The minimum Gasteiger partial charge on any atom is -0.293 e. The SMILES string of the molecule is Cc1ccccc1C1C(=O)Nc2ncnn2C1=O. The highest BCUT2D eigenvalue weighted by molar-refractivity contribution is 6.15. The predicted octanol–water partition coefficient (Wildman–Crippen LogP) is 0.963. The third-order valence-corrected chi connectivity index (χ3v) is 3.00. The van der Waals surface area contributed by atoms with Crippen molar-refractivity contribution in [1.29, 1.82) is 0 Å². The van der Waals surface area contributed by atoms with Crippen LogP contribution >= 0.6 is 0 Å². The Balaban J connectivity index is 2.12. The molecule has 6 heteroatoms. The van der Waals surface area contributed by atoms with Crippen LogP contribution in [0, 0.1) is 6.92 Å². The molecule has 0 radical (unpaired) electrons. The summed E-state index contributed by atoms with van der Waals surface area (Å²) in [5, 5.41) is 6.39. The number of carbonyl (C=O) groups is 2. The fourth-order valence-corrected chi connectivity index (χ4v) is 2.09. The van der Waals surface area contributed by atoms with Gasteiger partial charge in [0.1, 0.15) is 12.2 Å². The van der Waals surface area contributed by atoms with Gasteiger partial charge in [-0.05, 0) is 18.1 Å². The Kier molecular flexibility index (Phi) is 2.22. The average molecular weight is 242 g/mol. The van der Waals surface area contributed by atoms with Crippen LogP contribution in [0.5, 0.6) is 0 Å². The monoisotopic (exact) mass is 242 g/mol. The molecule has 2 heterocycles. The van der Waals surface area contributed by atoms with Gasteiger partial charge in [-0.1, -0.05) is 24.3 Å². The Morgan fingerprint density at radius 3 is 2.83 bits per heavy atom. The van der Waals surface area contributed by atoms with Crippen LogP contribution in [0.15, 0.2) is 30.6 Å². The van der Waals surface area contributed by atoms with Gasteiger partial charge in [0, 0.05) is 0 Å². The summed E-state index contributed by atoms with van der Waals surface area (Å²) in [6.45, 7) is 1.87. The predicted molar refractivity (Wildman–Crippen MR) is 63.2 cm³/mol. The Bertz CT molecular complexity index is 647. The molecule has 6 nitrogen and oxygen atoms in total. The van der Waals surface area contributed by atoms with Gasteiger partial charge in [0.2, 0.25) is 11.9 Å². The lowest BCUT2D eigenvalue weighted by Gasteiger charge is -2.22. The maximum absolute atomic E-state index is 12.2. The van der Waals surface area contributed by atoms with Crippen LogP contribution in [-0.2, 0) is 4.79 Å². The maximum Gasteiger partial charge on any atom is 0.267 e. The fourth-order valence-electron chi connectivity index (χ4n) is 2.09. The normalized spacial score (nSPS) is 18.4. The third-order valence-electron chi connectivity index (χ3n) is 3.00. The van der Waals surface area contributed by atoms with Crippen LogP contribution in [0.4, 0.5) is 5.95 Å². The minimum absolute atomic E-state index is 0.176. The standard InChI is InChI=1S/C12H10N4O2/c1-7-4-2-3-5-8(7)9-10(17)15-12-13-6-14-16(12)11(9)18/h2-6,9H,1H3,(H,13,14,15,17). The van der Waals surface area contributed by atoms with Crippen LogP contribution in [0.2, 0.25) is 0 Å². The van der Waals surface area contributed by atoms with Gasteiger partial charge in [0.05, 0.1) is 0 Å². The fraction of sp³-hybridized carbons (Fsp3) is 0.167. The van der Waals surface area contributed by atoms with E-state index < -0.39 is 5.92 Å². The Morgan fingerprint density at radius 2 is 2.06 bits per heavy atom. The molecule has 1 unspecified atom stereocenters. The number of benzene rings is 1. The molecule has 1 N–H and O–H groups in total. The van der Waals surface area contributed by atoms with E-state index in [-0.39, 0.29) is 17.8 Å². The molecule has 1 aliphatic heterocycles. The van der Waals surface area contributed by atoms with Crippen molar-refractivity contribution in [3.8, 4) is 0 Å². The Morgan fingerprint density at radius 1 is 1.28 bits per heavy atom. The second kappa shape index (κ2) is 3.76. The lowest BCUT2D eigenvalue weighted by molar-refractivity contribution is -0.117. The molecule has 1 aromatic heterocycles. The summed E-state index contributed by atoms with van der Waals surface area (Å²) in [5.74, 6) is -1.43. The first-order valence-electron chi connectivity index (χ1n) is 5.49. The Hall–Kier alpha value is -2.50. The molecule has 1 aromatic carbocycles. The number of rotatable bonds is 1. The van der Waals surface area contributed by atoms with E-state index >= 15 is 0 Å². The van der Waals surface area contributed by atoms with Gasteiger partial charge in [-0.2, -0.15) is 14.8 Å². The molecular weight excluding hydrogens is 232 g/mol. The molecule has 0 spiro atoms.